The van der Waals surface area contributed by atoms with Crippen molar-refractivity contribution in [3.05, 3.63) is 69.7 Å². The average molecular weight is 377 g/mol. The summed E-state index contributed by atoms with van der Waals surface area (Å²) in [5.74, 6) is -0.0616. The van der Waals surface area contributed by atoms with Crippen molar-refractivity contribution in [1.82, 2.24) is 4.90 Å². The summed E-state index contributed by atoms with van der Waals surface area (Å²) in [4.78, 5) is 16.6. The van der Waals surface area contributed by atoms with Gasteiger partial charge in [-0.2, -0.15) is 0 Å². The van der Waals surface area contributed by atoms with Crippen molar-refractivity contribution in [2.75, 3.05) is 39.1 Å². The Morgan fingerprint density at radius 1 is 1.00 bits per heavy atom. The summed E-state index contributed by atoms with van der Waals surface area (Å²) < 4.78 is 0. The third-order valence-corrected chi connectivity index (χ3v) is 4.41. The van der Waals surface area contributed by atoms with Gasteiger partial charge in [0.2, 0.25) is 0 Å². The summed E-state index contributed by atoms with van der Waals surface area (Å²) in [6.07, 6.45) is 3.23. The van der Waals surface area contributed by atoms with Gasteiger partial charge in [-0.05, 0) is 68.2 Å². The van der Waals surface area contributed by atoms with Crippen LogP contribution >= 0.6 is 23.2 Å². The molecule has 0 spiro atoms. The fraction of sp³-hybridized carbons (Fsp3) is 0.250. The van der Waals surface area contributed by atoms with Crippen LogP contribution < -0.4 is 4.90 Å². The quantitative estimate of drug-likeness (QED) is 0.507. The number of anilines is 1. The number of rotatable bonds is 7. The van der Waals surface area contributed by atoms with Gasteiger partial charge in [0.25, 0.3) is 0 Å². The standard InChI is InChI=1S/C20H22Cl2N2O/c1-23(2)12-13-24(3)18-9-5-16(6-10-18)20(25)11-7-15-4-8-17(21)14-19(15)22/h4-11,14H,12-13H2,1-3H3. The smallest absolute Gasteiger partial charge is 0.185 e. The first kappa shape index (κ1) is 19.5. The molecule has 0 atom stereocenters. The lowest BCUT2D eigenvalue weighted by atomic mass is 10.1. The first-order valence-corrected chi connectivity index (χ1v) is 8.76. The van der Waals surface area contributed by atoms with Crippen LogP contribution in [0.4, 0.5) is 5.69 Å². The molecule has 0 radical (unpaired) electrons. The Hall–Kier alpha value is -1.81. The van der Waals surface area contributed by atoms with E-state index in [1.54, 1.807) is 24.3 Å². The number of ketones is 1. The Balaban J connectivity index is 2.03. The third kappa shape index (κ3) is 5.89. The molecule has 0 unspecified atom stereocenters. The van der Waals surface area contributed by atoms with Crippen LogP contribution in [0, 0.1) is 0 Å². The van der Waals surface area contributed by atoms with E-state index in [-0.39, 0.29) is 5.78 Å². The molecule has 132 valence electrons. The van der Waals surface area contributed by atoms with E-state index in [2.05, 4.69) is 23.9 Å². The topological polar surface area (TPSA) is 23.6 Å². The summed E-state index contributed by atoms with van der Waals surface area (Å²) in [5, 5.41) is 1.09. The largest absolute Gasteiger partial charge is 0.373 e. The van der Waals surface area contributed by atoms with Crippen molar-refractivity contribution in [3.8, 4) is 0 Å². The lowest BCUT2D eigenvalue weighted by Crippen LogP contribution is -2.28. The van der Waals surface area contributed by atoms with Gasteiger partial charge in [-0.25, -0.2) is 0 Å². The summed E-state index contributed by atoms with van der Waals surface area (Å²) in [6.45, 7) is 1.90. The summed E-state index contributed by atoms with van der Waals surface area (Å²) in [6, 6.07) is 12.8. The molecule has 0 saturated carbocycles. The zero-order valence-electron chi connectivity index (χ0n) is 14.7. The van der Waals surface area contributed by atoms with Gasteiger partial charge in [-0.1, -0.05) is 29.3 Å². The molecule has 0 aliphatic heterocycles. The number of nitrogens with zero attached hydrogens (tertiary/aromatic N) is 2. The molecule has 2 aromatic carbocycles. The van der Waals surface area contributed by atoms with E-state index in [4.69, 9.17) is 23.2 Å². The molecular formula is C20H22Cl2N2O. The predicted molar refractivity (Wildman–Crippen MR) is 108 cm³/mol. The van der Waals surface area contributed by atoms with Gasteiger partial charge in [0, 0.05) is 41.4 Å². The van der Waals surface area contributed by atoms with Gasteiger partial charge in [0.15, 0.2) is 5.78 Å². The molecule has 2 rings (SSSR count). The second-order valence-corrected chi connectivity index (χ2v) is 6.98. The monoisotopic (exact) mass is 376 g/mol. The van der Waals surface area contributed by atoms with E-state index in [0.717, 1.165) is 24.3 Å². The number of allylic oxidation sites excluding steroid dienone is 1. The molecule has 5 heteroatoms. The van der Waals surface area contributed by atoms with Gasteiger partial charge < -0.3 is 9.80 Å². The molecule has 3 nitrogen and oxygen atoms in total. The highest BCUT2D eigenvalue weighted by molar-refractivity contribution is 6.35. The lowest BCUT2D eigenvalue weighted by molar-refractivity contribution is 0.104. The normalized spacial score (nSPS) is 11.3. The molecule has 25 heavy (non-hydrogen) atoms. The van der Waals surface area contributed by atoms with E-state index in [1.165, 1.54) is 6.08 Å². The van der Waals surface area contributed by atoms with E-state index in [9.17, 15) is 4.79 Å². The third-order valence-electron chi connectivity index (χ3n) is 3.85. The molecule has 0 bridgehead atoms. The number of carbonyl (C=O) groups is 1. The molecule has 0 N–H and O–H groups in total. The van der Waals surface area contributed by atoms with Crippen molar-refractivity contribution in [3.63, 3.8) is 0 Å². The molecule has 0 saturated heterocycles. The maximum atomic E-state index is 12.3. The number of hydrogen-bond acceptors (Lipinski definition) is 3. The molecule has 0 aliphatic rings. The predicted octanol–water partition coefficient (Wildman–Crippen LogP) is 4.89. The Morgan fingerprint density at radius 3 is 2.28 bits per heavy atom. The van der Waals surface area contributed by atoms with Crippen LogP contribution in [0.2, 0.25) is 10.0 Å². The lowest BCUT2D eigenvalue weighted by Gasteiger charge is -2.21. The first-order valence-electron chi connectivity index (χ1n) is 8.00. The Bertz CT molecular complexity index is 755. The molecule has 0 fully saturated rings. The Kier molecular flexibility index (Phi) is 7.06. The van der Waals surface area contributed by atoms with Gasteiger partial charge in [-0.15, -0.1) is 0 Å². The number of halogens is 2. The number of hydrogen-bond donors (Lipinski definition) is 0. The highest BCUT2D eigenvalue weighted by Crippen LogP contribution is 2.22. The molecule has 2 aromatic rings. The summed E-state index contributed by atoms with van der Waals surface area (Å²) in [5.41, 5.74) is 2.49. The fourth-order valence-electron chi connectivity index (χ4n) is 2.26. The highest BCUT2D eigenvalue weighted by atomic mass is 35.5. The summed E-state index contributed by atoms with van der Waals surface area (Å²) in [7, 11) is 6.15. The Labute approximate surface area is 159 Å². The van der Waals surface area contributed by atoms with Gasteiger partial charge in [-0.3, -0.25) is 4.79 Å². The second-order valence-electron chi connectivity index (χ2n) is 6.14. The van der Waals surface area contributed by atoms with Gasteiger partial charge in [0.1, 0.15) is 0 Å². The Morgan fingerprint density at radius 2 is 1.68 bits per heavy atom. The number of likely N-dealkylation sites (N-methyl/N-ethyl adjacent to an activating group) is 2. The zero-order valence-corrected chi connectivity index (χ0v) is 16.2. The van der Waals surface area contributed by atoms with E-state index in [1.807, 2.05) is 31.3 Å². The van der Waals surface area contributed by atoms with Crippen LogP contribution in [0.25, 0.3) is 6.08 Å². The first-order chi connectivity index (χ1) is 11.9. The summed E-state index contributed by atoms with van der Waals surface area (Å²) >= 11 is 12.0. The van der Waals surface area contributed by atoms with E-state index >= 15 is 0 Å². The minimum absolute atomic E-state index is 0.0616. The van der Waals surface area contributed by atoms with Crippen LogP contribution in [0.15, 0.2) is 48.5 Å². The second kappa shape index (κ2) is 9.04. The van der Waals surface area contributed by atoms with Crippen LogP contribution in [0.1, 0.15) is 15.9 Å². The molecule has 0 aliphatic carbocycles. The molecule has 0 heterocycles. The van der Waals surface area contributed by atoms with Crippen molar-refractivity contribution >= 4 is 40.7 Å². The van der Waals surface area contributed by atoms with Crippen LogP contribution in [0.5, 0.6) is 0 Å². The fourth-order valence-corrected chi connectivity index (χ4v) is 2.73. The molecule has 0 aromatic heterocycles. The van der Waals surface area contributed by atoms with Gasteiger partial charge in [0.05, 0.1) is 0 Å². The maximum Gasteiger partial charge on any atom is 0.185 e. The van der Waals surface area contributed by atoms with Crippen molar-refractivity contribution in [2.45, 2.75) is 0 Å². The van der Waals surface area contributed by atoms with Crippen molar-refractivity contribution < 1.29 is 4.79 Å². The number of benzene rings is 2. The van der Waals surface area contributed by atoms with E-state index < -0.39 is 0 Å². The van der Waals surface area contributed by atoms with Gasteiger partial charge >= 0.3 is 0 Å². The zero-order chi connectivity index (χ0) is 18.4. The highest BCUT2D eigenvalue weighted by Gasteiger charge is 2.06. The average Bonchev–Trinajstić information content (AvgIpc) is 2.58. The van der Waals surface area contributed by atoms with Crippen LogP contribution in [-0.2, 0) is 0 Å². The van der Waals surface area contributed by atoms with Crippen LogP contribution in [0.3, 0.4) is 0 Å². The maximum absolute atomic E-state index is 12.3. The minimum Gasteiger partial charge on any atom is -0.373 e. The molecule has 0 amide bonds. The van der Waals surface area contributed by atoms with E-state index in [0.29, 0.717) is 15.6 Å². The van der Waals surface area contributed by atoms with Crippen molar-refractivity contribution in [2.24, 2.45) is 0 Å². The van der Waals surface area contributed by atoms with Crippen molar-refractivity contribution in [1.29, 1.82) is 0 Å². The van der Waals surface area contributed by atoms with Crippen LogP contribution in [-0.4, -0.2) is 44.9 Å². The molecular weight excluding hydrogens is 355 g/mol. The SMILES string of the molecule is CN(C)CCN(C)c1ccc(C(=O)C=Cc2ccc(Cl)cc2Cl)cc1. The number of carbonyl (C=O) groups excluding carboxylic acids is 1. The minimum atomic E-state index is -0.0616.